The first kappa shape index (κ1) is 22.6. The van der Waals surface area contributed by atoms with E-state index in [1.807, 2.05) is 0 Å². The maximum Gasteiger partial charge on any atom is 0.401 e. The number of amides is 1. The van der Waals surface area contributed by atoms with Gasteiger partial charge in [-0.1, -0.05) is 6.07 Å². The zero-order valence-corrected chi connectivity index (χ0v) is 17.6. The molecule has 0 unspecified atom stereocenters. The van der Waals surface area contributed by atoms with Crippen molar-refractivity contribution in [2.24, 2.45) is 0 Å². The lowest BCUT2D eigenvalue weighted by Gasteiger charge is -2.19. The first-order chi connectivity index (χ1) is 15.8. The van der Waals surface area contributed by atoms with Gasteiger partial charge >= 0.3 is 6.18 Å². The van der Waals surface area contributed by atoms with Gasteiger partial charge < -0.3 is 19.5 Å². The first-order valence-electron chi connectivity index (χ1n) is 10.1. The Balaban J connectivity index is 1.56. The predicted molar refractivity (Wildman–Crippen MR) is 114 cm³/mol. The highest BCUT2D eigenvalue weighted by molar-refractivity contribution is 5.87. The average molecular weight is 462 g/mol. The summed E-state index contributed by atoms with van der Waals surface area (Å²) in [4.78, 5) is 20.4. The third-order valence-electron chi connectivity index (χ3n) is 5.08. The molecule has 2 aromatic carbocycles. The highest BCUT2D eigenvalue weighted by Crippen LogP contribution is 2.37. The quantitative estimate of drug-likeness (QED) is 0.506. The van der Waals surface area contributed by atoms with Gasteiger partial charge in [-0.05, 0) is 24.6 Å². The summed E-state index contributed by atoms with van der Waals surface area (Å²) in [5, 5.41) is 3.11. The van der Waals surface area contributed by atoms with Crippen LogP contribution in [0.25, 0.3) is 10.9 Å². The van der Waals surface area contributed by atoms with Gasteiger partial charge in [0.25, 0.3) is 0 Å². The number of carbonyl (C=O) groups is 1. The number of likely N-dealkylation sites (tertiary alicyclic amines) is 1. The van der Waals surface area contributed by atoms with Crippen LogP contribution >= 0.6 is 0 Å². The fourth-order valence-electron chi connectivity index (χ4n) is 3.67. The molecule has 1 aromatic heterocycles. The minimum atomic E-state index is -4.24. The molecule has 1 aliphatic rings. The number of anilines is 1. The molecule has 0 spiro atoms. The molecule has 1 saturated heterocycles. The lowest BCUT2D eigenvalue weighted by atomic mass is 10.2. The van der Waals surface area contributed by atoms with Crippen molar-refractivity contribution in [2.75, 3.05) is 32.1 Å². The van der Waals surface area contributed by atoms with Gasteiger partial charge in [-0.2, -0.15) is 13.2 Å². The second kappa shape index (κ2) is 9.49. The number of fused-ring (bicyclic) bond motifs is 1. The van der Waals surface area contributed by atoms with E-state index < -0.39 is 18.8 Å². The van der Waals surface area contributed by atoms with E-state index in [0.717, 1.165) is 0 Å². The molecular formula is C22H21F3N4O4. The van der Waals surface area contributed by atoms with Gasteiger partial charge in [0, 0.05) is 30.9 Å². The van der Waals surface area contributed by atoms with Gasteiger partial charge in [-0.15, -0.1) is 0 Å². The maximum atomic E-state index is 12.7. The molecular weight excluding hydrogens is 441 g/mol. The molecule has 11 heteroatoms. The van der Waals surface area contributed by atoms with E-state index in [9.17, 15) is 18.0 Å². The number of methoxy groups -OCH3 is 1. The van der Waals surface area contributed by atoms with E-state index >= 15 is 0 Å². The van der Waals surface area contributed by atoms with Crippen LogP contribution in [0.5, 0.6) is 23.1 Å². The monoisotopic (exact) mass is 462 g/mol. The Bertz CT molecular complexity index is 1140. The SMILES string of the molecule is COc1cc2c(Oc3cccc(NC=O)c3)ncnc2cc1O[C@H]1CCN(CC(F)(F)F)C1. The van der Waals surface area contributed by atoms with Crippen LogP contribution < -0.4 is 19.5 Å². The highest BCUT2D eigenvalue weighted by Gasteiger charge is 2.35. The Labute approximate surface area is 187 Å². The van der Waals surface area contributed by atoms with Crippen LogP contribution in [0.4, 0.5) is 18.9 Å². The van der Waals surface area contributed by atoms with E-state index in [-0.39, 0.29) is 12.4 Å². The Hall–Kier alpha value is -3.60. The summed E-state index contributed by atoms with van der Waals surface area (Å²) in [7, 11) is 1.47. The summed E-state index contributed by atoms with van der Waals surface area (Å²) < 4.78 is 55.3. The maximum absolute atomic E-state index is 12.7. The Morgan fingerprint density at radius 2 is 2.06 bits per heavy atom. The molecule has 0 saturated carbocycles. The van der Waals surface area contributed by atoms with Crippen LogP contribution in [0.15, 0.2) is 42.7 Å². The third-order valence-corrected chi connectivity index (χ3v) is 5.08. The number of hydrogen-bond donors (Lipinski definition) is 1. The van der Waals surface area contributed by atoms with Crippen molar-refractivity contribution in [3.63, 3.8) is 0 Å². The fourth-order valence-corrected chi connectivity index (χ4v) is 3.67. The van der Waals surface area contributed by atoms with Crippen molar-refractivity contribution in [3.05, 3.63) is 42.7 Å². The molecule has 0 bridgehead atoms. The highest BCUT2D eigenvalue weighted by atomic mass is 19.4. The molecule has 174 valence electrons. The van der Waals surface area contributed by atoms with Gasteiger partial charge in [-0.25, -0.2) is 9.97 Å². The minimum absolute atomic E-state index is 0.171. The lowest BCUT2D eigenvalue weighted by molar-refractivity contribution is -0.144. The third kappa shape index (κ3) is 5.61. The molecule has 1 N–H and O–H groups in total. The molecule has 33 heavy (non-hydrogen) atoms. The van der Waals surface area contributed by atoms with Crippen LogP contribution in [0.3, 0.4) is 0 Å². The van der Waals surface area contributed by atoms with Crippen molar-refractivity contribution in [1.29, 1.82) is 0 Å². The number of nitrogens with zero attached hydrogens (tertiary/aromatic N) is 3. The number of hydrogen-bond acceptors (Lipinski definition) is 7. The number of benzene rings is 2. The molecule has 4 rings (SSSR count). The number of nitrogens with one attached hydrogen (secondary N) is 1. The van der Waals surface area contributed by atoms with Gasteiger partial charge in [0.2, 0.25) is 12.3 Å². The summed E-state index contributed by atoms with van der Waals surface area (Å²) in [6.07, 6.45) is -2.27. The summed E-state index contributed by atoms with van der Waals surface area (Å²) in [6, 6.07) is 10.1. The van der Waals surface area contributed by atoms with E-state index in [0.29, 0.717) is 53.2 Å². The number of aromatic nitrogens is 2. The molecule has 1 amide bonds. The van der Waals surface area contributed by atoms with Gasteiger partial charge in [0.15, 0.2) is 11.5 Å². The van der Waals surface area contributed by atoms with E-state index in [4.69, 9.17) is 14.2 Å². The summed E-state index contributed by atoms with van der Waals surface area (Å²) in [5.41, 5.74) is 1.08. The average Bonchev–Trinajstić information content (AvgIpc) is 3.19. The van der Waals surface area contributed by atoms with Crippen molar-refractivity contribution in [2.45, 2.75) is 18.7 Å². The van der Waals surface area contributed by atoms with Crippen molar-refractivity contribution in [3.8, 4) is 23.1 Å². The molecule has 1 fully saturated rings. The predicted octanol–water partition coefficient (Wildman–Crippen LogP) is 4.01. The largest absolute Gasteiger partial charge is 0.493 e. The summed E-state index contributed by atoms with van der Waals surface area (Å²) in [6.45, 7) is -0.485. The fraction of sp³-hybridized carbons (Fsp3) is 0.318. The number of halogens is 3. The van der Waals surface area contributed by atoms with Crippen molar-refractivity contribution < 1.29 is 32.2 Å². The molecule has 0 radical (unpaired) electrons. The summed E-state index contributed by atoms with van der Waals surface area (Å²) >= 11 is 0. The second-order valence-corrected chi connectivity index (χ2v) is 7.47. The zero-order valence-electron chi connectivity index (χ0n) is 17.6. The molecule has 1 atom stereocenters. The normalized spacial score (nSPS) is 16.5. The Kier molecular flexibility index (Phi) is 6.50. The molecule has 2 heterocycles. The van der Waals surface area contributed by atoms with Gasteiger partial charge in [0.1, 0.15) is 18.2 Å². The zero-order chi connectivity index (χ0) is 23.4. The topological polar surface area (TPSA) is 85.8 Å². The lowest BCUT2D eigenvalue weighted by Crippen LogP contribution is -2.33. The molecule has 8 nitrogen and oxygen atoms in total. The molecule has 0 aliphatic carbocycles. The minimum Gasteiger partial charge on any atom is -0.493 e. The van der Waals surface area contributed by atoms with Gasteiger partial charge in [-0.3, -0.25) is 9.69 Å². The summed E-state index contributed by atoms with van der Waals surface area (Å²) in [5.74, 6) is 1.49. The van der Waals surface area contributed by atoms with Crippen LogP contribution in [0.1, 0.15) is 6.42 Å². The number of rotatable bonds is 8. The van der Waals surface area contributed by atoms with Crippen LogP contribution in [-0.2, 0) is 4.79 Å². The van der Waals surface area contributed by atoms with Gasteiger partial charge in [0.05, 0.1) is 24.6 Å². The van der Waals surface area contributed by atoms with Crippen LogP contribution in [0.2, 0.25) is 0 Å². The first-order valence-corrected chi connectivity index (χ1v) is 10.1. The smallest absolute Gasteiger partial charge is 0.401 e. The number of carbonyl (C=O) groups excluding carboxylic acids is 1. The standard InChI is InChI=1S/C22H21F3N4O4/c1-31-19-8-17-18(9-20(19)32-16-5-6-29(10-16)11-22(23,24)25)26-12-27-21(17)33-15-4-2-3-14(7-15)28-13-30/h2-4,7-9,12-13,16H,5-6,10-11H2,1H3,(H,28,30)/t16-/m0/s1. The number of ether oxygens (including phenoxy) is 3. The van der Waals surface area contributed by atoms with Crippen LogP contribution in [0, 0.1) is 0 Å². The van der Waals surface area contributed by atoms with E-state index in [1.54, 1.807) is 36.4 Å². The Morgan fingerprint density at radius 1 is 1.21 bits per heavy atom. The number of alkyl halides is 3. The Morgan fingerprint density at radius 3 is 2.82 bits per heavy atom. The van der Waals surface area contributed by atoms with E-state index in [2.05, 4.69) is 15.3 Å². The second-order valence-electron chi connectivity index (χ2n) is 7.47. The van der Waals surface area contributed by atoms with Crippen LogP contribution in [-0.4, -0.2) is 60.3 Å². The van der Waals surface area contributed by atoms with Crippen molar-refractivity contribution >= 4 is 23.0 Å². The molecule has 1 aliphatic heterocycles. The van der Waals surface area contributed by atoms with Crippen molar-refractivity contribution in [1.82, 2.24) is 14.9 Å². The molecule has 3 aromatic rings. The van der Waals surface area contributed by atoms with E-state index in [1.165, 1.54) is 18.3 Å².